The number of thiophene rings is 2. The fraction of sp³-hybridized carbons (Fsp3) is 0.111. The van der Waals surface area contributed by atoms with Crippen LogP contribution in [0, 0.1) is 13.8 Å². The molecule has 206 valence electrons. The third kappa shape index (κ3) is 5.77. The Bertz CT molecular complexity index is 1970. The van der Waals surface area contributed by atoms with Crippen molar-refractivity contribution in [1.29, 1.82) is 0 Å². The van der Waals surface area contributed by atoms with Gasteiger partial charge in [0.1, 0.15) is 20.6 Å². The second-order valence-corrected chi connectivity index (χ2v) is 11.7. The Morgan fingerprint density at radius 1 is 0.732 bits per heavy atom. The molecule has 0 aliphatic carbocycles. The summed E-state index contributed by atoms with van der Waals surface area (Å²) < 4.78 is 10.2. The molecule has 14 heteroatoms. The Hall–Kier alpha value is -3.61. The molecule has 0 spiro atoms. The van der Waals surface area contributed by atoms with E-state index >= 15 is 0 Å². The zero-order chi connectivity index (χ0) is 28.5. The van der Waals surface area contributed by atoms with Crippen LogP contribution in [0.25, 0.3) is 43.6 Å². The molecule has 1 aromatic carbocycles. The van der Waals surface area contributed by atoms with Crippen LogP contribution >= 0.6 is 57.5 Å². The Kier molecular flexibility index (Phi) is 7.87. The van der Waals surface area contributed by atoms with Crippen molar-refractivity contribution in [2.75, 3.05) is 5.32 Å². The molecule has 1 N–H and O–H groups in total. The predicted octanol–water partition coefficient (Wildman–Crippen LogP) is 8.88. The average molecular weight is 643 g/mol. The van der Waals surface area contributed by atoms with E-state index < -0.39 is 0 Å². The molecule has 9 nitrogen and oxygen atoms in total. The number of nitrogens with one attached hydrogen (secondary N) is 1. The summed E-state index contributed by atoms with van der Waals surface area (Å²) in [7, 11) is 0. The zero-order valence-electron chi connectivity index (χ0n) is 21.4. The summed E-state index contributed by atoms with van der Waals surface area (Å²) in [6, 6.07) is 9.00. The second-order valence-electron chi connectivity index (χ2n) is 8.79. The van der Waals surface area contributed by atoms with Gasteiger partial charge in [0, 0.05) is 18.7 Å². The van der Waals surface area contributed by atoms with Crippen LogP contribution in [0.4, 0.5) is 5.82 Å². The van der Waals surface area contributed by atoms with Gasteiger partial charge in [-0.2, -0.15) is 0 Å². The van der Waals surface area contributed by atoms with Crippen molar-refractivity contribution < 1.29 is 9.05 Å². The van der Waals surface area contributed by atoms with E-state index in [2.05, 4.69) is 40.9 Å². The molecule has 0 fully saturated rings. The molecule has 6 aromatic heterocycles. The van der Waals surface area contributed by atoms with Crippen molar-refractivity contribution in [2.45, 2.75) is 20.4 Å². The number of benzene rings is 1. The summed E-state index contributed by atoms with van der Waals surface area (Å²) in [5.41, 5.74) is 3.23. The van der Waals surface area contributed by atoms with Crippen molar-refractivity contribution in [3.63, 3.8) is 0 Å². The molecule has 6 heterocycles. The van der Waals surface area contributed by atoms with Crippen LogP contribution < -0.4 is 5.32 Å². The summed E-state index contributed by atoms with van der Waals surface area (Å²) in [5, 5.41) is 18.2. The van der Waals surface area contributed by atoms with E-state index in [1.165, 1.54) is 0 Å². The van der Waals surface area contributed by atoms with Crippen LogP contribution in [0.1, 0.15) is 16.7 Å². The Balaban J connectivity index is 0.000000162. The van der Waals surface area contributed by atoms with Gasteiger partial charge in [0.15, 0.2) is 0 Å². The predicted molar refractivity (Wildman–Crippen MR) is 164 cm³/mol. The molecule has 7 aromatic rings. The largest absolute Gasteiger partial charge is 0.365 e. The molecule has 0 atom stereocenters. The minimum atomic E-state index is 0.454. The number of fused-ring (bicyclic) bond motifs is 2. The maximum absolute atomic E-state index is 6.12. The first-order valence-corrected chi connectivity index (χ1v) is 14.9. The fourth-order valence-corrected chi connectivity index (χ4v) is 6.50. The molecular weight excluding hydrogens is 625 g/mol. The van der Waals surface area contributed by atoms with Gasteiger partial charge in [-0.25, -0.2) is 19.9 Å². The van der Waals surface area contributed by atoms with E-state index in [1.54, 1.807) is 53.3 Å². The lowest BCUT2D eigenvalue weighted by Gasteiger charge is -2.09. The van der Waals surface area contributed by atoms with Gasteiger partial charge < -0.3 is 14.4 Å². The quantitative estimate of drug-likeness (QED) is 0.184. The van der Waals surface area contributed by atoms with E-state index in [-0.39, 0.29) is 0 Å². The van der Waals surface area contributed by atoms with Gasteiger partial charge in [0.25, 0.3) is 0 Å². The maximum atomic E-state index is 6.12. The lowest BCUT2D eigenvalue weighted by atomic mass is 10.2. The Morgan fingerprint density at radius 3 is 1.95 bits per heavy atom. The molecule has 0 saturated heterocycles. The van der Waals surface area contributed by atoms with Crippen molar-refractivity contribution >= 4 is 83.7 Å². The molecule has 0 aliphatic rings. The van der Waals surface area contributed by atoms with Crippen LogP contribution in [-0.2, 0) is 6.54 Å². The van der Waals surface area contributed by atoms with E-state index in [1.807, 2.05) is 31.4 Å². The van der Waals surface area contributed by atoms with Crippen LogP contribution in [0.3, 0.4) is 0 Å². The molecule has 0 amide bonds. The number of anilines is 1. The number of nitrogens with zero attached hydrogens (tertiary/aromatic N) is 6. The second kappa shape index (κ2) is 11.7. The molecular formula is C27H18Cl3N7O2S2. The van der Waals surface area contributed by atoms with Gasteiger partial charge in [0.2, 0.25) is 23.2 Å². The van der Waals surface area contributed by atoms with E-state index in [9.17, 15) is 0 Å². The van der Waals surface area contributed by atoms with Gasteiger partial charge in [-0.1, -0.05) is 51.2 Å². The molecule has 7 rings (SSSR count). The minimum absolute atomic E-state index is 0.454. The topological polar surface area (TPSA) is 116 Å². The van der Waals surface area contributed by atoms with Crippen LogP contribution in [0.2, 0.25) is 15.2 Å². The van der Waals surface area contributed by atoms with E-state index in [4.69, 9.17) is 43.8 Å². The highest BCUT2D eigenvalue weighted by atomic mass is 35.5. The van der Waals surface area contributed by atoms with Gasteiger partial charge in [-0.05, 0) is 53.4 Å². The van der Waals surface area contributed by atoms with Crippen molar-refractivity contribution in [2.24, 2.45) is 0 Å². The minimum Gasteiger partial charge on any atom is -0.365 e. The highest BCUT2D eigenvalue weighted by Gasteiger charge is 2.16. The maximum Gasteiger partial charge on any atom is 0.204 e. The van der Waals surface area contributed by atoms with Gasteiger partial charge in [-0.15, -0.1) is 22.7 Å². The fourth-order valence-electron chi connectivity index (χ4n) is 3.96. The number of halogens is 3. The normalized spacial score (nSPS) is 11.1. The number of hydrogen-bond donors (Lipinski definition) is 1. The van der Waals surface area contributed by atoms with Crippen LogP contribution in [0.15, 0.2) is 62.5 Å². The van der Waals surface area contributed by atoms with Crippen molar-refractivity contribution in [3.8, 4) is 23.2 Å². The lowest BCUT2D eigenvalue weighted by Crippen LogP contribution is -2.04. The molecule has 0 aliphatic heterocycles. The highest BCUT2D eigenvalue weighted by Crippen LogP contribution is 2.33. The van der Waals surface area contributed by atoms with E-state index in [0.29, 0.717) is 44.9 Å². The summed E-state index contributed by atoms with van der Waals surface area (Å²) in [6.07, 6.45) is 3.13. The highest BCUT2D eigenvalue weighted by molar-refractivity contribution is 7.17. The zero-order valence-corrected chi connectivity index (χ0v) is 25.3. The first-order valence-electron chi connectivity index (χ1n) is 12.0. The number of rotatable bonds is 5. The monoisotopic (exact) mass is 641 g/mol. The summed E-state index contributed by atoms with van der Waals surface area (Å²) in [6.45, 7) is 4.59. The smallest absolute Gasteiger partial charge is 0.204 e. The van der Waals surface area contributed by atoms with Crippen LogP contribution in [0.5, 0.6) is 0 Å². The molecule has 0 radical (unpaired) electrons. The van der Waals surface area contributed by atoms with Gasteiger partial charge in [-0.3, -0.25) is 0 Å². The van der Waals surface area contributed by atoms with E-state index in [0.717, 1.165) is 42.9 Å². The standard InChI is InChI=1S/C17H12Cl2N4OS.C10H6ClN3OS/c1-9-8-25-17-14(9)16(22-15(23-17)13-4-5-21-24-13)20-7-10-2-3-11(18)12(19)6-10;1-5-4-16-10-7(5)8(11)13-9(14-10)6-2-3-12-15-6/h2-6,8H,7H2,1H3,(H,20,22,23);2-4H,1H3. The average Bonchev–Trinajstić information content (AvgIpc) is 3.78. The summed E-state index contributed by atoms with van der Waals surface area (Å²) in [5.74, 6) is 2.78. The Morgan fingerprint density at radius 2 is 1.34 bits per heavy atom. The van der Waals surface area contributed by atoms with Gasteiger partial charge >= 0.3 is 0 Å². The SMILES string of the molecule is Cc1csc2nc(-c3ccno3)nc(Cl)c12.Cc1csc2nc(-c3ccno3)nc(NCc3ccc(Cl)c(Cl)c3)c12. The van der Waals surface area contributed by atoms with Crippen LogP contribution in [-0.4, -0.2) is 30.2 Å². The number of aryl methyl sites for hydroxylation is 2. The summed E-state index contributed by atoms with van der Waals surface area (Å²) >= 11 is 21.3. The van der Waals surface area contributed by atoms with Gasteiger partial charge in [0.05, 0.1) is 33.2 Å². The Labute approximate surface area is 256 Å². The summed E-state index contributed by atoms with van der Waals surface area (Å²) in [4.78, 5) is 19.6. The third-order valence-corrected chi connectivity index (χ3v) is 8.94. The van der Waals surface area contributed by atoms with Crippen molar-refractivity contribution in [1.82, 2.24) is 30.2 Å². The number of hydrogen-bond acceptors (Lipinski definition) is 11. The van der Waals surface area contributed by atoms with Crippen molar-refractivity contribution in [3.05, 3.63) is 85.4 Å². The first kappa shape index (κ1) is 27.6. The molecule has 0 unspecified atom stereocenters. The first-order chi connectivity index (χ1) is 19.9. The third-order valence-electron chi connectivity index (χ3n) is 5.95. The number of aromatic nitrogens is 6. The lowest BCUT2D eigenvalue weighted by molar-refractivity contribution is 0.429. The molecule has 41 heavy (non-hydrogen) atoms. The molecule has 0 saturated carbocycles. The molecule has 0 bridgehead atoms.